The molecule has 0 aliphatic heterocycles. The van der Waals surface area contributed by atoms with E-state index in [0.29, 0.717) is 11.3 Å². The van der Waals surface area contributed by atoms with Crippen molar-refractivity contribution in [2.24, 2.45) is 0 Å². The average Bonchev–Trinajstić information content (AvgIpc) is 2.87. The molecule has 0 heterocycles. The molecule has 0 unspecified atom stereocenters. The molecule has 3 rings (SSSR count). The molecule has 0 spiro atoms. The number of hydrogen-bond acceptors (Lipinski definition) is 7. The zero-order valence-electron chi connectivity index (χ0n) is 20.2. The van der Waals surface area contributed by atoms with Crippen molar-refractivity contribution in [1.82, 2.24) is 4.72 Å². The maximum absolute atomic E-state index is 13.1. The van der Waals surface area contributed by atoms with Crippen LogP contribution in [0.15, 0.2) is 59.5 Å². The first kappa shape index (κ1) is 32.3. The van der Waals surface area contributed by atoms with Gasteiger partial charge < -0.3 is 10.1 Å². The molecule has 13 heteroatoms. The number of carbonyl (C=O) groups excluding carboxylic acids is 3. The molecular formula is C26H22Cl2N3NaO6S. The van der Waals surface area contributed by atoms with E-state index in [1.54, 1.807) is 6.92 Å². The third kappa shape index (κ3) is 8.54. The van der Waals surface area contributed by atoms with Gasteiger partial charge in [0.15, 0.2) is 12.4 Å². The number of aryl methyl sites for hydroxylation is 1. The second-order valence-electron chi connectivity index (χ2n) is 8.01. The van der Waals surface area contributed by atoms with E-state index in [-0.39, 0.29) is 73.4 Å². The van der Waals surface area contributed by atoms with Crippen molar-refractivity contribution in [2.45, 2.75) is 25.2 Å². The van der Waals surface area contributed by atoms with Gasteiger partial charge in [0, 0.05) is 27.7 Å². The third-order valence-electron chi connectivity index (χ3n) is 5.19. The Morgan fingerprint density at radius 3 is 2.33 bits per heavy atom. The van der Waals surface area contributed by atoms with E-state index in [0.717, 1.165) is 0 Å². The first-order valence-electron chi connectivity index (χ1n) is 11.1. The minimum atomic E-state index is -4.04. The zero-order valence-corrected chi connectivity index (χ0v) is 22.5. The molecule has 2 amide bonds. The van der Waals surface area contributed by atoms with Gasteiger partial charge in [-0.3, -0.25) is 14.4 Å². The van der Waals surface area contributed by atoms with Crippen molar-refractivity contribution in [3.63, 3.8) is 0 Å². The Hall–Kier alpha value is -2.91. The van der Waals surface area contributed by atoms with Gasteiger partial charge in [-0.2, -0.15) is 5.26 Å². The number of benzene rings is 3. The number of carbonyl (C=O) groups is 3. The van der Waals surface area contributed by atoms with E-state index in [2.05, 4.69) is 5.32 Å². The second-order valence-corrected chi connectivity index (χ2v) is 10.6. The van der Waals surface area contributed by atoms with Crippen molar-refractivity contribution < 1.29 is 27.5 Å². The molecule has 0 atom stereocenters. The number of rotatable bonds is 9. The summed E-state index contributed by atoms with van der Waals surface area (Å²) in [5, 5.41) is 12.2. The Labute approximate surface area is 257 Å². The summed E-state index contributed by atoms with van der Waals surface area (Å²) >= 11 is 12.1. The van der Waals surface area contributed by atoms with Crippen LogP contribution in [0.3, 0.4) is 0 Å². The number of nitriles is 1. The summed E-state index contributed by atoms with van der Waals surface area (Å²) in [6.45, 7) is 2.64. The molecule has 0 fully saturated rings. The van der Waals surface area contributed by atoms with Crippen LogP contribution < -0.4 is 14.8 Å². The number of nitrogens with one attached hydrogen (secondary N) is 2. The first-order chi connectivity index (χ1) is 17.9. The quantitative estimate of drug-likeness (QED) is 0.280. The summed E-state index contributed by atoms with van der Waals surface area (Å²) in [6.07, 6.45) is 0.00723. The fourth-order valence-corrected chi connectivity index (χ4v) is 4.85. The molecule has 0 aromatic heterocycles. The number of halogens is 2. The molecule has 39 heavy (non-hydrogen) atoms. The Kier molecular flexibility index (Phi) is 11.5. The summed E-state index contributed by atoms with van der Waals surface area (Å²) in [4.78, 5) is 37.1. The van der Waals surface area contributed by atoms with Gasteiger partial charge in [-0.25, -0.2) is 13.1 Å². The van der Waals surface area contributed by atoms with Crippen LogP contribution in [0.5, 0.6) is 5.75 Å². The van der Waals surface area contributed by atoms with E-state index < -0.39 is 34.2 Å². The normalized spacial score (nSPS) is 10.5. The molecule has 0 saturated carbocycles. The first-order valence-corrected chi connectivity index (χ1v) is 13.3. The van der Waals surface area contributed by atoms with Gasteiger partial charge in [0.25, 0.3) is 15.9 Å². The number of ether oxygens (including phenoxy) is 1. The zero-order chi connectivity index (χ0) is 28.0. The molecule has 2 N–H and O–H groups in total. The maximum atomic E-state index is 13.1. The van der Waals surface area contributed by atoms with Crippen LogP contribution in [0.25, 0.3) is 0 Å². The van der Waals surface area contributed by atoms with Gasteiger partial charge in [-0.05, 0) is 67.1 Å². The van der Waals surface area contributed by atoms with Gasteiger partial charge in [0.05, 0.1) is 22.1 Å². The minimum absolute atomic E-state index is 0. The average molecular weight is 598 g/mol. The van der Waals surface area contributed by atoms with Gasteiger partial charge in [0.2, 0.25) is 5.91 Å². The molecule has 198 valence electrons. The van der Waals surface area contributed by atoms with Crippen LogP contribution in [0.4, 0.5) is 5.69 Å². The van der Waals surface area contributed by atoms with Gasteiger partial charge in [0.1, 0.15) is 5.75 Å². The van der Waals surface area contributed by atoms with Crippen molar-refractivity contribution in [3.8, 4) is 11.8 Å². The topological polar surface area (TPSA) is 142 Å². The molecule has 3 aromatic rings. The van der Waals surface area contributed by atoms with E-state index in [1.165, 1.54) is 61.5 Å². The van der Waals surface area contributed by atoms with E-state index in [9.17, 15) is 22.8 Å². The fraction of sp³-hybridized carbons (Fsp3) is 0.154. The van der Waals surface area contributed by atoms with Gasteiger partial charge in [-0.1, -0.05) is 30.1 Å². The molecule has 9 nitrogen and oxygen atoms in total. The summed E-state index contributed by atoms with van der Waals surface area (Å²) in [6, 6.07) is 14.4. The van der Waals surface area contributed by atoms with Crippen molar-refractivity contribution >= 4 is 86.1 Å². The predicted molar refractivity (Wildman–Crippen MR) is 149 cm³/mol. The molecule has 0 aliphatic carbocycles. The monoisotopic (exact) mass is 597 g/mol. The SMILES string of the molecule is CCC(=O)NS(=O)(=O)c1ccc(NC(=O)COc2ccc(Cl)cc2C(=O)c2cc(Cl)cc(C#N)c2)c(C)c1.[NaH]. The number of hydrogen-bond donors (Lipinski definition) is 2. The number of sulfonamides is 1. The van der Waals surface area contributed by atoms with E-state index in [4.69, 9.17) is 33.2 Å². The van der Waals surface area contributed by atoms with Crippen LogP contribution in [-0.4, -0.2) is 62.2 Å². The van der Waals surface area contributed by atoms with Crippen molar-refractivity contribution in [2.75, 3.05) is 11.9 Å². The van der Waals surface area contributed by atoms with E-state index in [1.807, 2.05) is 10.8 Å². The molecule has 0 saturated heterocycles. The number of nitrogens with zero attached hydrogens (tertiary/aromatic N) is 1. The Morgan fingerprint density at radius 2 is 1.69 bits per heavy atom. The third-order valence-corrected chi connectivity index (χ3v) is 7.01. The summed E-state index contributed by atoms with van der Waals surface area (Å²) in [5.74, 6) is -1.65. The summed E-state index contributed by atoms with van der Waals surface area (Å²) in [5.41, 5.74) is 1.17. The molecular weight excluding hydrogens is 576 g/mol. The number of ketones is 1. The summed E-state index contributed by atoms with van der Waals surface area (Å²) in [7, 11) is -4.04. The Bertz CT molecular complexity index is 1590. The van der Waals surface area contributed by atoms with Crippen LogP contribution >= 0.6 is 23.2 Å². The predicted octanol–water partition coefficient (Wildman–Crippen LogP) is 3.99. The molecule has 0 bridgehead atoms. The molecule has 0 aliphatic rings. The van der Waals surface area contributed by atoms with Crippen molar-refractivity contribution in [3.05, 3.63) is 86.9 Å². The number of anilines is 1. The van der Waals surface area contributed by atoms with Crippen LogP contribution in [0.2, 0.25) is 10.0 Å². The Morgan fingerprint density at radius 1 is 0.974 bits per heavy atom. The van der Waals surface area contributed by atoms with Gasteiger partial charge >= 0.3 is 29.6 Å². The molecule has 3 aromatic carbocycles. The fourth-order valence-electron chi connectivity index (χ4n) is 3.30. The number of amides is 2. The second kappa shape index (κ2) is 13.9. The summed E-state index contributed by atoms with van der Waals surface area (Å²) < 4.78 is 32.2. The Balaban J connectivity index is 0.00000533. The molecule has 0 radical (unpaired) electrons. The van der Waals surface area contributed by atoms with Crippen molar-refractivity contribution in [1.29, 1.82) is 5.26 Å². The van der Waals surface area contributed by atoms with E-state index >= 15 is 0 Å². The van der Waals surface area contributed by atoms with Crippen LogP contribution in [0.1, 0.15) is 40.4 Å². The van der Waals surface area contributed by atoms with Gasteiger partial charge in [-0.15, -0.1) is 0 Å². The van der Waals surface area contributed by atoms with Crippen LogP contribution in [0, 0.1) is 18.3 Å². The standard InChI is InChI=1S/C26H21Cl2N3O6S.Na.H/c1-3-24(32)31-38(35,36)20-5-6-22(15(2)8-20)30-25(33)14-37-23-7-4-18(27)12-21(23)26(34)17-9-16(13-29)10-19(28)11-17;;/h4-12H,3,14H2,1-2H3,(H,30,33)(H,31,32);;. The van der Waals surface area contributed by atoms with Crippen LogP contribution in [-0.2, 0) is 19.6 Å².